The third kappa shape index (κ3) is 3.92. The van der Waals surface area contributed by atoms with Crippen LogP contribution in [0.2, 0.25) is 0 Å². The summed E-state index contributed by atoms with van der Waals surface area (Å²) in [5.74, 6) is 0. The highest BCUT2D eigenvalue weighted by molar-refractivity contribution is 9.09. The second-order valence-electron chi connectivity index (χ2n) is 4.63. The smallest absolute Gasteiger partial charge is 0.217 e. The monoisotopic (exact) mass is 341 g/mol. The van der Waals surface area contributed by atoms with Crippen molar-refractivity contribution in [2.75, 3.05) is 25.1 Å². The zero-order chi connectivity index (χ0) is 13.6. The molecule has 18 heavy (non-hydrogen) atoms. The molecule has 0 radical (unpaired) electrons. The first kappa shape index (κ1) is 16.4. The van der Waals surface area contributed by atoms with E-state index in [4.69, 9.17) is 4.74 Å². The lowest BCUT2D eigenvalue weighted by Crippen LogP contribution is -2.47. The predicted octanol–water partition coefficient (Wildman–Crippen LogP) is 2.38. The molecule has 0 amide bonds. The molecule has 4 nitrogen and oxygen atoms in total. The Morgan fingerprint density at radius 1 is 1.28 bits per heavy atom. The molecule has 0 spiro atoms. The first-order chi connectivity index (χ1) is 8.57. The van der Waals surface area contributed by atoms with E-state index in [-0.39, 0.29) is 11.3 Å². The number of nitrogens with zero attached hydrogens (tertiary/aromatic N) is 1. The number of rotatable bonds is 7. The fraction of sp³-hybridized carbons (Fsp3) is 1.00. The topological polar surface area (TPSA) is 46.6 Å². The Morgan fingerprint density at radius 2 is 1.83 bits per heavy atom. The molecule has 6 heteroatoms. The molecular weight excluding hydrogens is 318 g/mol. The molecule has 0 aromatic rings. The van der Waals surface area contributed by atoms with Gasteiger partial charge in [0.1, 0.15) is 0 Å². The number of alkyl halides is 1. The number of sulfonamides is 1. The van der Waals surface area contributed by atoms with Gasteiger partial charge in [-0.05, 0) is 25.7 Å². The maximum atomic E-state index is 12.7. The van der Waals surface area contributed by atoms with Crippen LogP contribution in [0.3, 0.4) is 0 Å². The molecule has 1 aliphatic heterocycles. The molecule has 0 aromatic carbocycles. The zero-order valence-corrected chi connectivity index (χ0v) is 13.7. The van der Waals surface area contributed by atoms with Crippen molar-refractivity contribution in [3.63, 3.8) is 0 Å². The molecule has 1 heterocycles. The third-order valence-corrected chi connectivity index (χ3v) is 6.37. The summed E-state index contributed by atoms with van der Waals surface area (Å²) in [5.41, 5.74) is 0. The third-order valence-electron chi connectivity index (χ3n) is 3.57. The summed E-state index contributed by atoms with van der Waals surface area (Å²) in [6.45, 7) is 5.79. The van der Waals surface area contributed by atoms with E-state index in [1.165, 1.54) is 0 Å². The summed E-state index contributed by atoms with van der Waals surface area (Å²) in [7, 11) is -3.19. The van der Waals surface area contributed by atoms with Gasteiger partial charge in [-0.25, -0.2) is 8.42 Å². The van der Waals surface area contributed by atoms with Crippen molar-refractivity contribution in [3.05, 3.63) is 0 Å². The van der Waals surface area contributed by atoms with Gasteiger partial charge in [0.25, 0.3) is 0 Å². The molecule has 108 valence electrons. The van der Waals surface area contributed by atoms with Gasteiger partial charge in [-0.2, -0.15) is 4.31 Å². The van der Waals surface area contributed by atoms with Gasteiger partial charge in [-0.3, -0.25) is 0 Å². The van der Waals surface area contributed by atoms with Gasteiger partial charge in [0.05, 0.1) is 5.25 Å². The van der Waals surface area contributed by atoms with Gasteiger partial charge in [-0.15, -0.1) is 0 Å². The quantitative estimate of drug-likeness (QED) is 0.668. The Bertz CT molecular complexity index is 324. The Morgan fingerprint density at radius 3 is 2.28 bits per heavy atom. The second-order valence-corrected chi connectivity index (χ2v) is 7.59. The van der Waals surface area contributed by atoms with E-state index in [0.717, 1.165) is 12.8 Å². The SMILES string of the molecule is CCC(CC)N(CCBr)S(=O)(=O)C1CCOCC1. The van der Waals surface area contributed by atoms with Crippen LogP contribution in [0.25, 0.3) is 0 Å². The van der Waals surface area contributed by atoms with Crippen LogP contribution in [0.4, 0.5) is 0 Å². The molecule has 0 aliphatic carbocycles. The maximum Gasteiger partial charge on any atom is 0.217 e. The van der Waals surface area contributed by atoms with E-state index >= 15 is 0 Å². The molecule has 1 aliphatic rings. The summed E-state index contributed by atoms with van der Waals surface area (Å²) in [4.78, 5) is 0. The van der Waals surface area contributed by atoms with Gasteiger partial charge in [-0.1, -0.05) is 29.8 Å². The lowest BCUT2D eigenvalue weighted by atomic mass is 10.2. The largest absolute Gasteiger partial charge is 0.381 e. The summed E-state index contributed by atoms with van der Waals surface area (Å²) in [6, 6.07) is 0.121. The van der Waals surface area contributed by atoms with E-state index in [1.807, 2.05) is 0 Å². The lowest BCUT2D eigenvalue weighted by molar-refractivity contribution is 0.0967. The van der Waals surface area contributed by atoms with Crippen molar-refractivity contribution in [2.45, 2.75) is 50.8 Å². The number of hydrogen-bond donors (Lipinski definition) is 0. The van der Waals surface area contributed by atoms with Crippen molar-refractivity contribution in [3.8, 4) is 0 Å². The van der Waals surface area contributed by atoms with Crippen molar-refractivity contribution in [1.82, 2.24) is 4.31 Å². The molecule has 1 rings (SSSR count). The van der Waals surface area contributed by atoms with E-state index in [0.29, 0.717) is 37.9 Å². The first-order valence-electron chi connectivity index (χ1n) is 6.72. The highest BCUT2D eigenvalue weighted by Gasteiger charge is 2.35. The van der Waals surface area contributed by atoms with E-state index in [2.05, 4.69) is 29.8 Å². The van der Waals surface area contributed by atoms with Gasteiger partial charge >= 0.3 is 0 Å². The molecule has 1 fully saturated rings. The average molecular weight is 342 g/mol. The minimum atomic E-state index is -3.19. The molecule has 0 bridgehead atoms. The van der Waals surface area contributed by atoms with Gasteiger partial charge in [0.15, 0.2) is 0 Å². The van der Waals surface area contributed by atoms with Gasteiger partial charge in [0.2, 0.25) is 10.0 Å². The van der Waals surface area contributed by atoms with E-state index < -0.39 is 10.0 Å². The standard InChI is InChI=1S/C12H24BrNO3S/c1-3-11(4-2)14(8-7-13)18(15,16)12-5-9-17-10-6-12/h11-12H,3-10H2,1-2H3. The summed E-state index contributed by atoms with van der Waals surface area (Å²) < 4.78 is 32.3. The summed E-state index contributed by atoms with van der Waals surface area (Å²) in [6.07, 6.45) is 2.99. The molecule has 0 atom stereocenters. The molecule has 0 saturated carbocycles. The minimum absolute atomic E-state index is 0.121. The number of hydrogen-bond acceptors (Lipinski definition) is 3. The average Bonchev–Trinajstić information content (AvgIpc) is 2.40. The van der Waals surface area contributed by atoms with Crippen molar-refractivity contribution in [1.29, 1.82) is 0 Å². The molecule has 0 aromatic heterocycles. The molecular formula is C12H24BrNO3S. The minimum Gasteiger partial charge on any atom is -0.381 e. The number of halogens is 1. The van der Waals surface area contributed by atoms with Crippen molar-refractivity contribution in [2.24, 2.45) is 0 Å². The molecule has 0 unspecified atom stereocenters. The van der Waals surface area contributed by atoms with Crippen molar-refractivity contribution >= 4 is 26.0 Å². The van der Waals surface area contributed by atoms with Gasteiger partial charge in [0, 0.05) is 31.1 Å². The van der Waals surface area contributed by atoms with E-state index in [1.54, 1.807) is 4.31 Å². The zero-order valence-electron chi connectivity index (χ0n) is 11.3. The fourth-order valence-corrected chi connectivity index (χ4v) is 5.31. The van der Waals surface area contributed by atoms with Crippen LogP contribution in [0.1, 0.15) is 39.5 Å². The lowest BCUT2D eigenvalue weighted by Gasteiger charge is -2.34. The van der Waals surface area contributed by atoms with Crippen LogP contribution in [0, 0.1) is 0 Å². The Kier molecular flexibility index (Phi) is 7.13. The highest BCUT2D eigenvalue weighted by Crippen LogP contribution is 2.23. The Hall–Kier alpha value is 0.350. The predicted molar refractivity (Wildman–Crippen MR) is 77.6 cm³/mol. The maximum absolute atomic E-state index is 12.7. The number of ether oxygens (including phenoxy) is 1. The summed E-state index contributed by atoms with van der Waals surface area (Å²) >= 11 is 3.36. The Labute approximate surface area is 119 Å². The summed E-state index contributed by atoms with van der Waals surface area (Å²) in [5, 5.41) is 0.428. The molecule has 1 saturated heterocycles. The first-order valence-corrected chi connectivity index (χ1v) is 9.34. The second kappa shape index (κ2) is 7.82. The van der Waals surface area contributed by atoms with Gasteiger partial charge < -0.3 is 4.74 Å². The Balaban J connectivity index is 2.87. The normalized spacial score (nSPS) is 18.7. The fourth-order valence-electron chi connectivity index (χ4n) is 2.46. The van der Waals surface area contributed by atoms with Crippen LogP contribution in [-0.2, 0) is 14.8 Å². The van der Waals surface area contributed by atoms with Crippen LogP contribution < -0.4 is 0 Å². The highest BCUT2D eigenvalue weighted by atomic mass is 79.9. The van der Waals surface area contributed by atoms with Crippen LogP contribution in [0.5, 0.6) is 0 Å². The van der Waals surface area contributed by atoms with Crippen LogP contribution in [-0.4, -0.2) is 49.1 Å². The molecule has 0 N–H and O–H groups in total. The van der Waals surface area contributed by atoms with Crippen molar-refractivity contribution < 1.29 is 13.2 Å². The van der Waals surface area contributed by atoms with E-state index in [9.17, 15) is 8.42 Å². The van der Waals surface area contributed by atoms with Crippen LogP contribution >= 0.6 is 15.9 Å². The van der Waals surface area contributed by atoms with Crippen LogP contribution in [0.15, 0.2) is 0 Å².